The molecule has 0 bridgehead atoms. The van der Waals surface area contributed by atoms with Crippen LogP contribution in [-0.2, 0) is 11.2 Å². The van der Waals surface area contributed by atoms with E-state index in [1.54, 1.807) is 11.1 Å². The minimum atomic E-state index is -0.395. The number of nitrogens with zero attached hydrogens (tertiary/aromatic N) is 2. The molecule has 0 saturated carbocycles. The van der Waals surface area contributed by atoms with Crippen molar-refractivity contribution in [2.24, 2.45) is 5.92 Å². The molecule has 6 nitrogen and oxygen atoms in total. The van der Waals surface area contributed by atoms with Gasteiger partial charge in [0, 0.05) is 24.2 Å². The second-order valence-electron chi connectivity index (χ2n) is 5.57. The summed E-state index contributed by atoms with van der Waals surface area (Å²) in [5.41, 5.74) is 0. The maximum Gasteiger partial charge on any atom is 0.324 e. The second kappa shape index (κ2) is 6.89. The molecule has 2 rings (SSSR count). The lowest BCUT2D eigenvalue weighted by Gasteiger charge is -2.34. The zero-order chi connectivity index (χ0) is 15.4. The molecule has 1 aromatic rings. The smallest absolute Gasteiger partial charge is 0.324 e. The van der Waals surface area contributed by atoms with Crippen molar-refractivity contribution >= 4 is 28.4 Å². The average Bonchev–Trinajstić information content (AvgIpc) is 2.84. The number of piperazine rings is 1. The largest absolute Gasteiger partial charge is 0.353 e. The predicted molar refractivity (Wildman–Crippen MR) is 83.5 cm³/mol. The molecule has 116 valence electrons. The van der Waals surface area contributed by atoms with Crippen molar-refractivity contribution in [3.63, 3.8) is 0 Å². The number of rotatable bonds is 4. The quantitative estimate of drug-likeness (QED) is 0.894. The molecule has 0 aliphatic carbocycles. The van der Waals surface area contributed by atoms with Gasteiger partial charge in [-0.15, -0.1) is 11.3 Å². The lowest BCUT2D eigenvalue weighted by Crippen LogP contribution is -2.57. The minimum Gasteiger partial charge on any atom is -0.353 e. The van der Waals surface area contributed by atoms with Gasteiger partial charge in [0.15, 0.2) is 5.13 Å². The van der Waals surface area contributed by atoms with Gasteiger partial charge in [0.2, 0.25) is 5.91 Å². The zero-order valence-electron chi connectivity index (χ0n) is 12.7. The van der Waals surface area contributed by atoms with E-state index in [1.165, 1.54) is 11.3 Å². The van der Waals surface area contributed by atoms with Crippen molar-refractivity contribution in [1.29, 1.82) is 0 Å². The summed E-state index contributed by atoms with van der Waals surface area (Å²) >= 11 is 1.49. The van der Waals surface area contributed by atoms with E-state index in [1.807, 2.05) is 6.92 Å². The fraction of sp³-hybridized carbons (Fsp3) is 0.643. The molecule has 0 spiro atoms. The zero-order valence-corrected chi connectivity index (χ0v) is 13.5. The van der Waals surface area contributed by atoms with E-state index in [0.29, 0.717) is 30.6 Å². The molecule has 7 heteroatoms. The van der Waals surface area contributed by atoms with Crippen LogP contribution in [-0.4, -0.2) is 41.0 Å². The number of urea groups is 1. The van der Waals surface area contributed by atoms with Crippen molar-refractivity contribution in [3.05, 3.63) is 11.1 Å². The van der Waals surface area contributed by atoms with Crippen LogP contribution in [0.4, 0.5) is 9.93 Å². The standard InChI is InChI=1S/C14H22N4O2S/c1-4-11-12(19)15-5-6-18(11)14(20)17-13-16-8-10(21-13)7-9(2)3/h8-9,11H,4-7H2,1-3H3,(H,15,19)(H,16,17,20). The molecule has 1 aliphatic heterocycles. The van der Waals surface area contributed by atoms with E-state index < -0.39 is 6.04 Å². The maximum absolute atomic E-state index is 12.3. The molecular weight excluding hydrogens is 288 g/mol. The summed E-state index contributed by atoms with van der Waals surface area (Å²) in [6, 6.07) is -0.643. The number of anilines is 1. The molecule has 21 heavy (non-hydrogen) atoms. The summed E-state index contributed by atoms with van der Waals surface area (Å²) in [5, 5.41) is 6.18. The average molecular weight is 310 g/mol. The van der Waals surface area contributed by atoms with Crippen molar-refractivity contribution in [1.82, 2.24) is 15.2 Å². The van der Waals surface area contributed by atoms with E-state index in [-0.39, 0.29) is 11.9 Å². The number of carbonyl (C=O) groups is 2. The molecule has 1 unspecified atom stereocenters. The summed E-state index contributed by atoms with van der Waals surface area (Å²) < 4.78 is 0. The topological polar surface area (TPSA) is 74.3 Å². The fourth-order valence-electron chi connectivity index (χ4n) is 2.39. The molecule has 3 amide bonds. The van der Waals surface area contributed by atoms with E-state index >= 15 is 0 Å². The molecule has 2 N–H and O–H groups in total. The van der Waals surface area contributed by atoms with Crippen molar-refractivity contribution in [3.8, 4) is 0 Å². The van der Waals surface area contributed by atoms with Gasteiger partial charge in [0.25, 0.3) is 0 Å². The van der Waals surface area contributed by atoms with Gasteiger partial charge in [-0.3, -0.25) is 10.1 Å². The summed E-state index contributed by atoms with van der Waals surface area (Å²) in [6.07, 6.45) is 3.37. The Morgan fingerprint density at radius 1 is 1.62 bits per heavy atom. The number of nitrogens with one attached hydrogen (secondary N) is 2. The van der Waals surface area contributed by atoms with Gasteiger partial charge in [-0.1, -0.05) is 20.8 Å². The summed E-state index contributed by atoms with van der Waals surface area (Å²) in [7, 11) is 0. The Morgan fingerprint density at radius 2 is 2.38 bits per heavy atom. The van der Waals surface area contributed by atoms with Crippen LogP contribution in [0.2, 0.25) is 0 Å². The van der Waals surface area contributed by atoms with Crippen LogP contribution >= 0.6 is 11.3 Å². The van der Waals surface area contributed by atoms with Gasteiger partial charge in [-0.05, 0) is 18.8 Å². The highest BCUT2D eigenvalue weighted by atomic mass is 32.1. The van der Waals surface area contributed by atoms with Crippen molar-refractivity contribution in [2.45, 2.75) is 39.7 Å². The normalized spacial score (nSPS) is 18.8. The Labute approximate surface area is 128 Å². The van der Waals surface area contributed by atoms with Gasteiger partial charge in [-0.25, -0.2) is 9.78 Å². The van der Waals surface area contributed by atoms with E-state index in [9.17, 15) is 9.59 Å². The second-order valence-corrected chi connectivity index (χ2v) is 6.68. The van der Waals surface area contributed by atoms with Crippen LogP contribution in [0, 0.1) is 5.92 Å². The Kier molecular flexibility index (Phi) is 5.17. The third-order valence-electron chi connectivity index (χ3n) is 3.36. The highest BCUT2D eigenvalue weighted by molar-refractivity contribution is 7.15. The minimum absolute atomic E-state index is 0.0847. The Morgan fingerprint density at radius 3 is 3.05 bits per heavy atom. The predicted octanol–water partition coefficient (Wildman–Crippen LogP) is 2.08. The number of thiazole rings is 1. The van der Waals surface area contributed by atoms with Crippen LogP contribution < -0.4 is 10.6 Å². The first-order valence-electron chi connectivity index (χ1n) is 7.31. The number of hydrogen-bond donors (Lipinski definition) is 2. The van der Waals surface area contributed by atoms with Gasteiger partial charge < -0.3 is 10.2 Å². The van der Waals surface area contributed by atoms with Gasteiger partial charge >= 0.3 is 6.03 Å². The summed E-state index contributed by atoms with van der Waals surface area (Å²) in [6.45, 7) is 7.23. The van der Waals surface area contributed by atoms with Crippen LogP contribution in [0.5, 0.6) is 0 Å². The number of hydrogen-bond acceptors (Lipinski definition) is 4. The van der Waals surface area contributed by atoms with Crippen molar-refractivity contribution in [2.75, 3.05) is 18.4 Å². The summed E-state index contributed by atoms with van der Waals surface area (Å²) in [4.78, 5) is 31.1. The first-order valence-corrected chi connectivity index (χ1v) is 8.13. The molecule has 1 aromatic heterocycles. The van der Waals surface area contributed by atoms with Crippen LogP contribution in [0.15, 0.2) is 6.20 Å². The fourth-order valence-corrected chi connectivity index (χ4v) is 3.40. The number of carbonyl (C=O) groups excluding carboxylic acids is 2. The van der Waals surface area contributed by atoms with Crippen LogP contribution in [0.3, 0.4) is 0 Å². The molecule has 0 radical (unpaired) electrons. The summed E-state index contributed by atoms with van der Waals surface area (Å²) in [5.74, 6) is 0.475. The molecular formula is C14H22N4O2S. The molecule has 1 aliphatic rings. The van der Waals surface area contributed by atoms with Gasteiger partial charge in [0.05, 0.1) is 0 Å². The molecule has 1 saturated heterocycles. The third-order valence-corrected chi connectivity index (χ3v) is 4.29. The SMILES string of the molecule is CCC1C(=O)NCCN1C(=O)Nc1ncc(CC(C)C)s1. The van der Waals surface area contributed by atoms with Crippen LogP contribution in [0.1, 0.15) is 32.1 Å². The lowest BCUT2D eigenvalue weighted by molar-refractivity contribution is -0.127. The number of aromatic nitrogens is 1. The van der Waals surface area contributed by atoms with Crippen molar-refractivity contribution < 1.29 is 9.59 Å². The van der Waals surface area contributed by atoms with Gasteiger partial charge in [0.1, 0.15) is 6.04 Å². The van der Waals surface area contributed by atoms with E-state index in [0.717, 1.165) is 11.3 Å². The van der Waals surface area contributed by atoms with E-state index in [2.05, 4.69) is 29.5 Å². The third kappa shape index (κ3) is 3.93. The highest BCUT2D eigenvalue weighted by Gasteiger charge is 2.31. The maximum atomic E-state index is 12.3. The van der Waals surface area contributed by atoms with Crippen LogP contribution in [0.25, 0.3) is 0 Å². The first kappa shape index (κ1) is 15.8. The van der Waals surface area contributed by atoms with Gasteiger partial charge in [-0.2, -0.15) is 0 Å². The number of amides is 3. The Bertz CT molecular complexity index is 515. The van der Waals surface area contributed by atoms with E-state index in [4.69, 9.17) is 0 Å². The molecule has 2 heterocycles. The first-order chi connectivity index (χ1) is 10.0. The Hall–Kier alpha value is -1.63. The Balaban J connectivity index is 2.00. The lowest BCUT2D eigenvalue weighted by atomic mass is 10.1. The molecule has 1 fully saturated rings. The highest BCUT2D eigenvalue weighted by Crippen LogP contribution is 2.22. The molecule has 0 aromatic carbocycles. The monoisotopic (exact) mass is 310 g/mol. The molecule has 1 atom stereocenters.